The molecule has 2 aromatic heterocycles. The Balaban J connectivity index is 1.68. The number of aromatic nitrogens is 3. The molecule has 0 aliphatic rings. The van der Waals surface area contributed by atoms with Gasteiger partial charge in [-0.05, 0) is 42.2 Å². The van der Waals surface area contributed by atoms with Gasteiger partial charge >= 0.3 is 0 Å². The van der Waals surface area contributed by atoms with Gasteiger partial charge in [0.15, 0.2) is 5.65 Å². The van der Waals surface area contributed by atoms with E-state index >= 15 is 0 Å². The van der Waals surface area contributed by atoms with Crippen LogP contribution in [-0.4, -0.2) is 14.6 Å². The molecule has 2 heterocycles. The SMILES string of the molecule is CCc1cc(Cc2ccc(-c3ccccc3C#N)cc2)n2ncc(C)c2n1. The Morgan fingerprint density at radius 1 is 1.07 bits per heavy atom. The Morgan fingerprint density at radius 3 is 2.59 bits per heavy atom. The number of nitrogens with zero attached hydrogens (tertiary/aromatic N) is 4. The topological polar surface area (TPSA) is 54.0 Å². The Bertz CT molecular complexity index is 1150. The molecular formula is C23H20N4. The fourth-order valence-corrected chi connectivity index (χ4v) is 3.34. The zero-order valence-electron chi connectivity index (χ0n) is 15.5. The van der Waals surface area contributed by atoms with Gasteiger partial charge in [0.1, 0.15) is 0 Å². The molecule has 0 N–H and O–H groups in total. The second-order valence-corrected chi connectivity index (χ2v) is 6.69. The first-order valence-electron chi connectivity index (χ1n) is 9.11. The molecule has 0 bridgehead atoms. The molecule has 0 saturated carbocycles. The Hall–Kier alpha value is -3.45. The van der Waals surface area contributed by atoms with Gasteiger partial charge in [0.25, 0.3) is 0 Å². The third-order valence-corrected chi connectivity index (χ3v) is 4.83. The lowest BCUT2D eigenvalue weighted by Crippen LogP contribution is -2.04. The summed E-state index contributed by atoms with van der Waals surface area (Å²) in [7, 11) is 0. The van der Waals surface area contributed by atoms with Crippen molar-refractivity contribution in [3.63, 3.8) is 0 Å². The van der Waals surface area contributed by atoms with Crippen molar-refractivity contribution in [3.8, 4) is 17.2 Å². The van der Waals surface area contributed by atoms with E-state index in [1.54, 1.807) is 0 Å². The van der Waals surface area contributed by atoms with Gasteiger partial charge in [-0.3, -0.25) is 0 Å². The molecule has 0 radical (unpaired) electrons. The molecule has 0 aliphatic carbocycles. The fraction of sp³-hybridized carbons (Fsp3) is 0.174. The summed E-state index contributed by atoms with van der Waals surface area (Å²) in [5.41, 5.74) is 8.17. The third kappa shape index (κ3) is 3.20. The number of hydrogen-bond donors (Lipinski definition) is 0. The lowest BCUT2D eigenvalue weighted by Gasteiger charge is -2.09. The van der Waals surface area contributed by atoms with Gasteiger partial charge in [0.2, 0.25) is 0 Å². The predicted molar refractivity (Wildman–Crippen MR) is 107 cm³/mol. The normalized spacial score (nSPS) is 10.9. The maximum atomic E-state index is 9.32. The van der Waals surface area contributed by atoms with Crippen LogP contribution in [0.2, 0.25) is 0 Å². The molecule has 27 heavy (non-hydrogen) atoms. The molecule has 4 nitrogen and oxygen atoms in total. The van der Waals surface area contributed by atoms with Crippen molar-refractivity contribution in [3.05, 3.63) is 88.9 Å². The Kier molecular flexibility index (Phi) is 4.43. The second-order valence-electron chi connectivity index (χ2n) is 6.69. The highest BCUT2D eigenvalue weighted by atomic mass is 15.3. The zero-order chi connectivity index (χ0) is 18.8. The van der Waals surface area contributed by atoms with Crippen LogP contribution in [0.4, 0.5) is 0 Å². The summed E-state index contributed by atoms with van der Waals surface area (Å²) in [4.78, 5) is 4.70. The summed E-state index contributed by atoms with van der Waals surface area (Å²) in [6.45, 7) is 4.16. The first-order valence-corrected chi connectivity index (χ1v) is 9.11. The van der Waals surface area contributed by atoms with Crippen LogP contribution in [0.3, 0.4) is 0 Å². The number of aryl methyl sites for hydroxylation is 2. The summed E-state index contributed by atoms with van der Waals surface area (Å²) >= 11 is 0. The van der Waals surface area contributed by atoms with E-state index in [9.17, 15) is 5.26 Å². The van der Waals surface area contributed by atoms with Crippen molar-refractivity contribution in [1.29, 1.82) is 5.26 Å². The maximum absolute atomic E-state index is 9.32. The van der Waals surface area contributed by atoms with Crippen molar-refractivity contribution in [2.75, 3.05) is 0 Å². The van der Waals surface area contributed by atoms with E-state index in [4.69, 9.17) is 4.98 Å². The van der Waals surface area contributed by atoms with E-state index in [1.165, 1.54) is 5.56 Å². The van der Waals surface area contributed by atoms with E-state index in [1.807, 2.05) is 41.9 Å². The van der Waals surface area contributed by atoms with Gasteiger partial charge in [-0.1, -0.05) is 49.4 Å². The largest absolute Gasteiger partial charge is 0.233 e. The first kappa shape index (κ1) is 17.0. The van der Waals surface area contributed by atoms with Gasteiger partial charge in [0, 0.05) is 17.7 Å². The van der Waals surface area contributed by atoms with Crippen molar-refractivity contribution in [2.24, 2.45) is 0 Å². The average molecular weight is 352 g/mol. The van der Waals surface area contributed by atoms with Crippen molar-refractivity contribution < 1.29 is 0 Å². The smallest absolute Gasteiger partial charge is 0.158 e. The minimum atomic E-state index is 0.695. The molecule has 0 amide bonds. The minimum Gasteiger partial charge on any atom is -0.233 e. The summed E-state index contributed by atoms with van der Waals surface area (Å²) in [6, 6.07) is 20.5. The van der Waals surface area contributed by atoms with Gasteiger partial charge < -0.3 is 0 Å². The molecule has 4 heteroatoms. The highest BCUT2D eigenvalue weighted by Crippen LogP contribution is 2.24. The highest BCUT2D eigenvalue weighted by molar-refractivity contribution is 5.70. The van der Waals surface area contributed by atoms with E-state index in [-0.39, 0.29) is 0 Å². The number of benzene rings is 2. The zero-order valence-corrected chi connectivity index (χ0v) is 15.5. The molecule has 0 unspecified atom stereocenters. The number of hydrogen-bond acceptors (Lipinski definition) is 3. The van der Waals surface area contributed by atoms with Crippen LogP contribution in [0.25, 0.3) is 16.8 Å². The number of fused-ring (bicyclic) bond motifs is 1. The maximum Gasteiger partial charge on any atom is 0.158 e. The molecule has 0 fully saturated rings. The van der Waals surface area contributed by atoms with Crippen LogP contribution in [0.1, 0.15) is 35.0 Å². The van der Waals surface area contributed by atoms with Gasteiger partial charge in [-0.2, -0.15) is 10.4 Å². The molecule has 4 rings (SSSR count). The number of rotatable bonds is 4. The van der Waals surface area contributed by atoms with E-state index in [2.05, 4.69) is 48.4 Å². The Labute approximate surface area is 158 Å². The average Bonchev–Trinajstić information content (AvgIpc) is 3.09. The van der Waals surface area contributed by atoms with E-state index in [0.717, 1.165) is 46.6 Å². The summed E-state index contributed by atoms with van der Waals surface area (Å²) < 4.78 is 1.94. The van der Waals surface area contributed by atoms with Crippen LogP contribution >= 0.6 is 0 Å². The van der Waals surface area contributed by atoms with Gasteiger partial charge in [-0.15, -0.1) is 0 Å². The monoisotopic (exact) mass is 352 g/mol. The van der Waals surface area contributed by atoms with Crippen LogP contribution in [0.15, 0.2) is 60.8 Å². The van der Waals surface area contributed by atoms with Crippen LogP contribution in [-0.2, 0) is 12.8 Å². The molecule has 0 atom stereocenters. The molecule has 4 aromatic rings. The summed E-state index contributed by atoms with van der Waals surface area (Å²) in [5, 5.41) is 13.8. The third-order valence-electron chi connectivity index (χ3n) is 4.83. The molecule has 2 aromatic carbocycles. The van der Waals surface area contributed by atoms with E-state index in [0.29, 0.717) is 5.56 Å². The number of nitriles is 1. The summed E-state index contributed by atoms with van der Waals surface area (Å²) in [6.07, 6.45) is 3.55. The van der Waals surface area contributed by atoms with E-state index < -0.39 is 0 Å². The van der Waals surface area contributed by atoms with Gasteiger partial charge in [-0.25, -0.2) is 9.50 Å². The molecule has 0 aliphatic heterocycles. The molecule has 132 valence electrons. The Morgan fingerprint density at radius 2 is 1.85 bits per heavy atom. The lowest BCUT2D eigenvalue weighted by atomic mass is 9.98. The molecule has 0 spiro atoms. The minimum absolute atomic E-state index is 0.695. The quantitative estimate of drug-likeness (QED) is 0.533. The van der Waals surface area contributed by atoms with Crippen LogP contribution in [0.5, 0.6) is 0 Å². The lowest BCUT2D eigenvalue weighted by molar-refractivity contribution is 0.844. The predicted octanol–water partition coefficient (Wildman–Crippen LogP) is 4.73. The summed E-state index contributed by atoms with van der Waals surface area (Å²) in [5.74, 6) is 0. The van der Waals surface area contributed by atoms with Crippen LogP contribution in [0, 0.1) is 18.3 Å². The van der Waals surface area contributed by atoms with Gasteiger partial charge in [0.05, 0.1) is 23.5 Å². The second kappa shape index (κ2) is 7.05. The standard InChI is InChI=1S/C23H20N4/c1-3-20-13-21(27-23(26-20)16(2)15-25-27)12-17-8-10-18(11-9-17)22-7-5-4-6-19(22)14-24/h4-11,13,15H,3,12H2,1-2H3. The highest BCUT2D eigenvalue weighted by Gasteiger charge is 2.10. The van der Waals surface area contributed by atoms with Crippen molar-refractivity contribution in [2.45, 2.75) is 26.7 Å². The van der Waals surface area contributed by atoms with Crippen molar-refractivity contribution >= 4 is 5.65 Å². The van der Waals surface area contributed by atoms with Crippen LogP contribution < -0.4 is 0 Å². The fourth-order valence-electron chi connectivity index (χ4n) is 3.34. The van der Waals surface area contributed by atoms with Crippen molar-refractivity contribution in [1.82, 2.24) is 14.6 Å². The molecule has 0 saturated heterocycles. The molecular weight excluding hydrogens is 332 g/mol. The first-order chi connectivity index (χ1) is 13.2.